The van der Waals surface area contributed by atoms with Crippen LogP contribution in [0.2, 0.25) is 0 Å². The lowest BCUT2D eigenvalue weighted by atomic mass is 9.72. The number of benzene rings is 1. The normalized spacial score (nSPS) is 29.2. The second-order valence-electron chi connectivity index (χ2n) is 7.98. The number of allylic oxidation sites excluding steroid dienone is 1. The van der Waals surface area contributed by atoms with Crippen LogP contribution in [-0.2, 0) is 4.74 Å². The maximum absolute atomic E-state index is 14.6. The standard InChI is InChI=1S/C23H32F2O2/c1-3-5-19-11-10-18(15-27-19)16-6-8-17(9-7-16)20-12-13-21(26-14-4-2)23(25)22(20)24/h3,5,12-13,16-19H,4,6-11,14-15H2,1-2H3. The van der Waals surface area contributed by atoms with Crippen molar-refractivity contribution in [1.29, 1.82) is 0 Å². The predicted molar refractivity (Wildman–Crippen MR) is 104 cm³/mol. The Kier molecular flexibility index (Phi) is 7.28. The van der Waals surface area contributed by atoms with E-state index in [1.807, 2.05) is 13.8 Å². The van der Waals surface area contributed by atoms with Gasteiger partial charge in [0.15, 0.2) is 11.6 Å². The Morgan fingerprint density at radius 2 is 1.78 bits per heavy atom. The Bertz CT molecular complexity index is 628. The summed E-state index contributed by atoms with van der Waals surface area (Å²) in [5.41, 5.74) is 0.517. The molecule has 1 heterocycles. The molecule has 0 spiro atoms. The Labute approximate surface area is 161 Å². The van der Waals surface area contributed by atoms with Gasteiger partial charge in [0.25, 0.3) is 0 Å². The molecule has 0 aromatic heterocycles. The van der Waals surface area contributed by atoms with Gasteiger partial charge in [-0.1, -0.05) is 25.1 Å². The first-order valence-corrected chi connectivity index (χ1v) is 10.5. The minimum Gasteiger partial charge on any atom is -0.490 e. The molecule has 2 aliphatic rings. The molecular formula is C23H32F2O2. The maximum Gasteiger partial charge on any atom is 0.200 e. The first-order valence-electron chi connectivity index (χ1n) is 10.5. The maximum atomic E-state index is 14.6. The lowest BCUT2D eigenvalue weighted by Gasteiger charge is -2.37. The van der Waals surface area contributed by atoms with Gasteiger partial charge >= 0.3 is 0 Å². The highest BCUT2D eigenvalue weighted by Gasteiger charge is 2.32. The van der Waals surface area contributed by atoms with E-state index in [0.717, 1.165) is 45.1 Å². The Hall–Kier alpha value is -1.42. The van der Waals surface area contributed by atoms with Gasteiger partial charge in [-0.25, -0.2) is 4.39 Å². The van der Waals surface area contributed by atoms with Gasteiger partial charge in [-0.3, -0.25) is 0 Å². The third-order valence-electron chi connectivity index (χ3n) is 6.17. The van der Waals surface area contributed by atoms with Gasteiger partial charge in [0, 0.05) is 0 Å². The third-order valence-corrected chi connectivity index (χ3v) is 6.17. The largest absolute Gasteiger partial charge is 0.490 e. The van der Waals surface area contributed by atoms with Crippen LogP contribution in [0.4, 0.5) is 8.78 Å². The van der Waals surface area contributed by atoms with Crippen LogP contribution in [0.5, 0.6) is 5.75 Å². The molecular weight excluding hydrogens is 346 g/mol. The van der Waals surface area contributed by atoms with E-state index in [1.165, 1.54) is 6.42 Å². The van der Waals surface area contributed by atoms with E-state index in [0.29, 0.717) is 24.0 Å². The summed E-state index contributed by atoms with van der Waals surface area (Å²) in [6.07, 6.45) is 11.5. The van der Waals surface area contributed by atoms with Gasteiger partial charge in [0.05, 0.1) is 19.3 Å². The first kappa shape index (κ1) is 20.3. The van der Waals surface area contributed by atoms with Gasteiger partial charge in [0.2, 0.25) is 5.82 Å². The summed E-state index contributed by atoms with van der Waals surface area (Å²) < 4.78 is 40.1. The second kappa shape index (κ2) is 9.68. The summed E-state index contributed by atoms with van der Waals surface area (Å²) in [7, 11) is 0. The average Bonchev–Trinajstić information content (AvgIpc) is 2.70. The molecule has 27 heavy (non-hydrogen) atoms. The monoisotopic (exact) mass is 378 g/mol. The highest BCUT2D eigenvalue weighted by atomic mass is 19.2. The zero-order valence-corrected chi connectivity index (χ0v) is 16.6. The zero-order valence-electron chi connectivity index (χ0n) is 16.6. The van der Waals surface area contributed by atoms with Crippen LogP contribution >= 0.6 is 0 Å². The molecule has 1 aromatic carbocycles. The van der Waals surface area contributed by atoms with E-state index < -0.39 is 11.6 Å². The van der Waals surface area contributed by atoms with Crippen molar-refractivity contribution in [1.82, 2.24) is 0 Å². The fourth-order valence-corrected chi connectivity index (χ4v) is 4.62. The number of hydrogen-bond donors (Lipinski definition) is 0. The first-order chi connectivity index (χ1) is 13.1. The fourth-order valence-electron chi connectivity index (χ4n) is 4.62. The lowest BCUT2D eigenvalue weighted by molar-refractivity contribution is -0.0150. The molecule has 2 nitrogen and oxygen atoms in total. The lowest BCUT2D eigenvalue weighted by Crippen LogP contribution is -2.31. The van der Waals surface area contributed by atoms with Crippen LogP contribution in [0.15, 0.2) is 24.3 Å². The van der Waals surface area contributed by atoms with E-state index in [2.05, 4.69) is 12.2 Å². The highest BCUT2D eigenvalue weighted by Crippen LogP contribution is 2.42. The zero-order chi connectivity index (χ0) is 19.2. The highest BCUT2D eigenvalue weighted by molar-refractivity contribution is 5.33. The molecule has 2 atom stereocenters. The fraction of sp³-hybridized carbons (Fsp3) is 0.652. The van der Waals surface area contributed by atoms with Crippen LogP contribution in [0.25, 0.3) is 0 Å². The molecule has 2 unspecified atom stereocenters. The predicted octanol–water partition coefficient (Wildman–Crippen LogP) is 6.40. The van der Waals surface area contributed by atoms with Crippen LogP contribution in [0.3, 0.4) is 0 Å². The van der Waals surface area contributed by atoms with Gasteiger partial charge in [-0.2, -0.15) is 4.39 Å². The summed E-state index contributed by atoms with van der Waals surface area (Å²) in [4.78, 5) is 0. The van der Waals surface area contributed by atoms with Crippen LogP contribution < -0.4 is 4.74 Å². The van der Waals surface area contributed by atoms with Crippen LogP contribution in [0, 0.1) is 23.5 Å². The van der Waals surface area contributed by atoms with E-state index >= 15 is 0 Å². The summed E-state index contributed by atoms with van der Waals surface area (Å²) in [5, 5.41) is 0. The van der Waals surface area contributed by atoms with E-state index in [9.17, 15) is 8.78 Å². The minimum absolute atomic E-state index is 0.0295. The minimum atomic E-state index is -0.834. The van der Waals surface area contributed by atoms with Crippen LogP contribution in [-0.4, -0.2) is 19.3 Å². The third kappa shape index (κ3) is 4.90. The summed E-state index contributed by atoms with van der Waals surface area (Å²) in [6.45, 7) is 5.20. The smallest absolute Gasteiger partial charge is 0.200 e. The number of halogens is 2. The average molecular weight is 379 g/mol. The second-order valence-corrected chi connectivity index (χ2v) is 7.98. The summed E-state index contributed by atoms with van der Waals surface area (Å²) >= 11 is 0. The van der Waals surface area contributed by atoms with E-state index in [1.54, 1.807) is 12.1 Å². The molecule has 0 N–H and O–H groups in total. The molecule has 4 heteroatoms. The summed E-state index contributed by atoms with van der Waals surface area (Å²) in [6, 6.07) is 3.31. The van der Waals surface area contributed by atoms with E-state index in [4.69, 9.17) is 9.47 Å². The quantitative estimate of drug-likeness (QED) is 0.533. The summed E-state index contributed by atoms with van der Waals surface area (Å²) in [5.74, 6) is -0.161. The van der Waals surface area contributed by atoms with Crippen molar-refractivity contribution < 1.29 is 18.3 Å². The molecule has 2 fully saturated rings. The topological polar surface area (TPSA) is 18.5 Å². The van der Waals surface area contributed by atoms with Crippen molar-refractivity contribution in [3.8, 4) is 5.75 Å². The molecule has 1 aliphatic heterocycles. The molecule has 1 saturated heterocycles. The molecule has 1 aliphatic carbocycles. The number of ether oxygens (including phenoxy) is 2. The SMILES string of the molecule is CC=CC1CCC(C2CCC(c3ccc(OCCC)c(F)c3F)CC2)CO1. The molecule has 0 amide bonds. The van der Waals surface area contributed by atoms with Crippen molar-refractivity contribution in [2.24, 2.45) is 11.8 Å². The van der Waals surface area contributed by atoms with E-state index in [-0.39, 0.29) is 17.8 Å². The molecule has 1 aromatic rings. The molecule has 0 bridgehead atoms. The van der Waals surface area contributed by atoms with Crippen molar-refractivity contribution in [2.75, 3.05) is 13.2 Å². The van der Waals surface area contributed by atoms with Crippen molar-refractivity contribution in [3.05, 3.63) is 41.5 Å². The number of hydrogen-bond acceptors (Lipinski definition) is 2. The van der Waals surface area contributed by atoms with Crippen LogP contribution in [0.1, 0.15) is 70.3 Å². The Balaban J connectivity index is 1.56. The molecule has 150 valence electrons. The van der Waals surface area contributed by atoms with Crippen molar-refractivity contribution >= 4 is 0 Å². The van der Waals surface area contributed by atoms with Gasteiger partial charge in [-0.15, -0.1) is 0 Å². The van der Waals surface area contributed by atoms with Gasteiger partial charge in [0.1, 0.15) is 0 Å². The van der Waals surface area contributed by atoms with Gasteiger partial charge < -0.3 is 9.47 Å². The molecule has 3 rings (SSSR count). The molecule has 0 radical (unpaired) electrons. The van der Waals surface area contributed by atoms with Gasteiger partial charge in [-0.05, 0) is 81.3 Å². The Morgan fingerprint density at radius 3 is 2.41 bits per heavy atom. The Morgan fingerprint density at radius 1 is 1.04 bits per heavy atom. The van der Waals surface area contributed by atoms with Crippen molar-refractivity contribution in [3.63, 3.8) is 0 Å². The molecule has 1 saturated carbocycles. The number of rotatable bonds is 6. The van der Waals surface area contributed by atoms with Crippen molar-refractivity contribution in [2.45, 2.75) is 70.8 Å².